The molecule has 4 N–H and O–H groups in total. The first-order valence-electron chi connectivity index (χ1n) is 9.89. The summed E-state index contributed by atoms with van der Waals surface area (Å²) in [6, 6.07) is 0. The fourth-order valence-corrected chi connectivity index (χ4v) is 4.70. The zero-order valence-corrected chi connectivity index (χ0v) is 17.3. The van der Waals surface area contributed by atoms with Gasteiger partial charge in [-0.2, -0.15) is 0 Å². The summed E-state index contributed by atoms with van der Waals surface area (Å²) in [7, 11) is 5.07. The third kappa shape index (κ3) is 2.58. The van der Waals surface area contributed by atoms with Crippen LogP contribution in [0, 0.1) is 23.2 Å². The predicted octanol–water partition coefficient (Wildman–Crippen LogP) is -0.837. The van der Waals surface area contributed by atoms with Gasteiger partial charge in [0.2, 0.25) is 11.7 Å². The third-order valence-corrected chi connectivity index (χ3v) is 6.44. The largest absolute Gasteiger partial charge is 0.387 e. The van der Waals surface area contributed by atoms with Crippen LogP contribution < -0.4 is 10.6 Å². The van der Waals surface area contributed by atoms with E-state index >= 15 is 0 Å². The van der Waals surface area contributed by atoms with E-state index in [9.17, 15) is 15.0 Å². The van der Waals surface area contributed by atoms with Crippen molar-refractivity contribution in [2.75, 3.05) is 19.4 Å². The fourth-order valence-electron chi connectivity index (χ4n) is 4.70. The number of carbonyl (C=O) groups excluding carboxylic acids is 1. The normalized spacial score (nSPS) is 28.7. The van der Waals surface area contributed by atoms with Gasteiger partial charge in [-0.15, -0.1) is 0 Å². The van der Waals surface area contributed by atoms with Crippen LogP contribution in [0.15, 0.2) is 18.9 Å². The summed E-state index contributed by atoms with van der Waals surface area (Å²) >= 11 is 0. The number of aromatic nitrogens is 6. The lowest BCUT2D eigenvalue weighted by Crippen LogP contribution is -2.49. The van der Waals surface area contributed by atoms with Crippen molar-refractivity contribution in [3.8, 4) is 11.8 Å². The number of hydrogen-bond donors (Lipinski definition) is 4. The molecule has 0 radical (unpaired) electrons. The molecule has 3 heterocycles. The highest BCUT2D eigenvalue weighted by molar-refractivity contribution is 5.88. The topological polar surface area (TPSA) is 143 Å². The van der Waals surface area contributed by atoms with E-state index in [4.69, 9.17) is 0 Å². The van der Waals surface area contributed by atoms with Crippen molar-refractivity contribution in [3.05, 3.63) is 30.4 Å². The van der Waals surface area contributed by atoms with E-state index in [0.29, 0.717) is 29.1 Å². The summed E-state index contributed by atoms with van der Waals surface area (Å²) in [5.41, 5.74) is -1.25. The minimum Gasteiger partial charge on any atom is -0.387 e. The number of nitrogens with zero attached hydrogens (tertiary/aromatic N) is 6. The van der Waals surface area contributed by atoms with Crippen LogP contribution in [0.4, 0.5) is 5.82 Å². The Hall–Kier alpha value is -3.49. The molecular formula is C20H22N8O3. The van der Waals surface area contributed by atoms with Crippen molar-refractivity contribution < 1.29 is 15.0 Å². The Kier molecular flexibility index (Phi) is 4.08. The van der Waals surface area contributed by atoms with E-state index in [2.05, 4.69) is 42.4 Å². The zero-order chi connectivity index (χ0) is 22.0. The zero-order valence-electron chi connectivity index (χ0n) is 17.3. The molecule has 1 amide bonds. The monoisotopic (exact) mass is 422 g/mol. The van der Waals surface area contributed by atoms with E-state index < -0.39 is 17.2 Å². The second-order valence-electron chi connectivity index (χ2n) is 8.08. The van der Waals surface area contributed by atoms with Gasteiger partial charge in [0.1, 0.15) is 11.8 Å². The lowest BCUT2D eigenvalue weighted by molar-refractivity contribution is -0.155. The van der Waals surface area contributed by atoms with Crippen LogP contribution >= 0.6 is 0 Å². The van der Waals surface area contributed by atoms with Gasteiger partial charge in [0.25, 0.3) is 0 Å². The quantitative estimate of drug-likeness (QED) is 0.400. The van der Waals surface area contributed by atoms with Crippen LogP contribution in [0.5, 0.6) is 0 Å². The number of hydrogen-bond acceptors (Lipinski definition) is 8. The first-order chi connectivity index (χ1) is 14.8. The van der Waals surface area contributed by atoms with Gasteiger partial charge in [-0.25, -0.2) is 19.9 Å². The molecule has 160 valence electrons. The number of nitrogens with one attached hydrogen (secondary N) is 2. The number of carbonyl (C=O) groups is 1. The molecule has 3 aromatic rings. The van der Waals surface area contributed by atoms with E-state index in [0.717, 1.165) is 0 Å². The van der Waals surface area contributed by atoms with Crippen molar-refractivity contribution in [1.82, 2.24) is 34.4 Å². The maximum atomic E-state index is 12.4. The Morgan fingerprint density at radius 2 is 2.06 bits per heavy atom. The summed E-state index contributed by atoms with van der Waals surface area (Å²) in [5, 5.41) is 28.1. The lowest BCUT2D eigenvalue weighted by atomic mass is 9.94. The maximum absolute atomic E-state index is 12.4. The van der Waals surface area contributed by atoms with E-state index in [1.807, 2.05) is 7.05 Å². The van der Waals surface area contributed by atoms with Gasteiger partial charge in [-0.05, 0) is 24.2 Å². The molecule has 0 aromatic carbocycles. The molecule has 0 spiro atoms. The summed E-state index contributed by atoms with van der Waals surface area (Å²) in [4.78, 5) is 29.7. The van der Waals surface area contributed by atoms with E-state index in [1.54, 1.807) is 24.1 Å². The number of fused-ring (bicyclic) bond motifs is 2. The van der Waals surface area contributed by atoms with Gasteiger partial charge >= 0.3 is 0 Å². The molecule has 2 saturated carbocycles. The molecule has 2 fully saturated rings. The molecule has 2 aliphatic carbocycles. The van der Waals surface area contributed by atoms with Crippen LogP contribution in [0.2, 0.25) is 0 Å². The van der Waals surface area contributed by atoms with Crippen molar-refractivity contribution in [2.45, 2.75) is 24.7 Å². The maximum Gasteiger partial charge on any atom is 0.229 e. The second kappa shape index (κ2) is 6.50. The molecule has 11 nitrogen and oxygen atoms in total. The lowest BCUT2D eigenvalue weighted by Gasteiger charge is -2.33. The highest BCUT2D eigenvalue weighted by Gasteiger charge is 2.76. The fraction of sp³-hybridized carbons (Fsp3) is 0.450. The second-order valence-corrected chi connectivity index (χ2v) is 8.08. The molecule has 0 aliphatic heterocycles. The Balaban J connectivity index is 1.60. The Bertz CT molecular complexity index is 1270. The SMILES string of the molecule is CNC(=O)C12CC1C[C@](O)(n1cnc3c(NC)nc(C#Cc4cncn4C)nc31)[C@@H]2O. The standard InChI is InChI=1S/C20H22N8O3/c1-21-15-14-16(26-13(25-15)5-4-12-8-23-9-27(12)3)28(10-24-14)20(31)7-11-6-19(11,17(20)29)18(30)22-2/h8-11,17,29,31H,6-7H2,1-3H3,(H,22,30)(H,21,25,26)/t11?,17-,19?,20-/m1/s1. The minimum atomic E-state index is -1.71. The molecule has 5 rings (SSSR count). The van der Waals surface area contributed by atoms with Gasteiger partial charge in [0.15, 0.2) is 22.7 Å². The molecule has 0 bridgehead atoms. The van der Waals surface area contributed by atoms with Crippen molar-refractivity contribution >= 4 is 22.9 Å². The van der Waals surface area contributed by atoms with Crippen LogP contribution in [-0.4, -0.2) is 65.4 Å². The Morgan fingerprint density at radius 1 is 1.26 bits per heavy atom. The van der Waals surface area contributed by atoms with E-state index in [-0.39, 0.29) is 24.1 Å². The summed E-state index contributed by atoms with van der Waals surface area (Å²) in [6.45, 7) is 0. The summed E-state index contributed by atoms with van der Waals surface area (Å²) < 4.78 is 3.21. The first kappa shape index (κ1) is 19.5. The van der Waals surface area contributed by atoms with Gasteiger partial charge in [0, 0.05) is 27.6 Å². The van der Waals surface area contributed by atoms with Crippen LogP contribution in [0.3, 0.4) is 0 Å². The predicted molar refractivity (Wildman–Crippen MR) is 109 cm³/mol. The number of aliphatic hydroxyl groups excluding tert-OH is 1. The summed E-state index contributed by atoms with van der Waals surface area (Å²) in [6.07, 6.45) is 4.18. The van der Waals surface area contributed by atoms with Gasteiger partial charge in [-0.1, -0.05) is 0 Å². The third-order valence-electron chi connectivity index (χ3n) is 6.44. The summed E-state index contributed by atoms with van der Waals surface area (Å²) in [5.74, 6) is 6.18. The van der Waals surface area contributed by atoms with Crippen LogP contribution in [0.25, 0.3) is 11.2 Å². The molecule has 2 unspecified atom stereocenters. The minimum absolute atomic E-state index is 0.111. The van der Waals surface area contributed by atoms with Crippen molar-refractivity contribution in [3.63, 3.8) is 0 Å². The molecule has 0 saturated heterocycles. The first-order valence-corrected chi connectivity index (χ1v) is 9.89. The van der Waals surface area contributed by atoms with Crippen LogP contribution in [-0.2, 0) is 17.6 Å². The molecule has 2 aliphatic rings. The molecule has 11 heteroatoms. The number of rotatable bonds is 3. The van der Waals surface area contributed by atoms with Gasteiger partial charge in [-0.3, -0.25) is 9.36 Å². The molecule has 31 heavy (non-hydrogen) atoms. The number of imidazole rings is 2. The number of aliphatic hydroxyl groups is 2. The van der Waals surface area contributed by atoms with Crippen molar-refractivity contribution in [2.24, 2.45) is 18.4 Å². The highest BCUT2D eigenvalue weighted by atomic mass is 16.4. The highest BCUT2D eigenvalue weighted by Crippen LogP contribution is 2.68. The van der Waals surface area contributed by atoms with Crippen LogP contribution in [0.1, 0.15) is 24.4 Å². The van der Waals surface area contributed by atoms with Gasteiger partial charge in [0.05, 0.1) is 24.3 Å². The number of amides is 1. The number of aryl methyl sites for hydroxylation is 1. The smallest absolute Gasteiger partial charge is 0.229 e. The molecule has 3 aromatic heterocycles. The van der Waals surface area contributed by atoms with E-state index in [1.165, 1.54) is 17.9 Å². The molecular weight excluding hydrogens is 400 g/mol. The Morgan fingerprint density at radius 3 is 2.74 bits per heavy atom. The Labute approximate surface area is 177 Å². The average Bonchev–Trinajstić information content (AvgIpc) is 3.03. The van der Waals surface area contributed by atoms with Gasteiger partial charge < -0.3 is 25.4 Å². The van der Waals surface area contributed by atoms with Crippen molar-refractivity contribution in [1.29, 1.82) is 0 Å². The number of anilines is 1. The average molecular weight is 422 g/mol. The molecule has 4 atom stereocenters.